The maximum Gasteiger partial charge on any atom is 0.307 e. The van der Waals surface area contributed by atoms with Gasteiger partial charge in [-0.1, -0.05) is 0 Å². The van der Waals surface area contributed by atoms with Crippen molar-refractivity contribution in [2.24, 2.45) is 5.10 Å². The average Bonchev–Trinajstić information content (AvgIpc) is 3.23. The number of amides is 1. The van der Waals surface area contributed by atoms with Crippen LogP contribution in [-0.2, 0) is 0 Å². The van der Waals surface area contributed by atoms with E-state index in [2.05, 4.69) is 15.4 Å². The molecule has 4 rings (SSSR count). The Hall–Kier alpha value is -3.88. The van der Waals surface area contributed by atoms with Crippen LogP contribution < -0.4 is 15.1 Å². The summed E-state index contributed by atoms with van der Waals surface area (Å²) in [5.41, 5.74) is 4.56. The van der Waals surface area contributed by atoms with Crippen molar-refractivity contribution < 1.29 is 18.9 Å². The quantitative estimate of drug-likeness (QED) is 0.364. The highest BCUT2D eigenvalue weighted by Gasteiger charge is 2.15. The summed E-state index contributed by atoms with van der Waals surface area (Å²) in [5.74, 6) is 0.121. The first kappa shape index (κ1) is 20.4. The molecule has 1 N–H and O–H groups in total. The number of carbonyl (C=O) groups excluding carboxylic acids is 1. The van der Waals surface area contributed by atoms with Gasteiger partial charge in [-0.25, -0.2) is 5.43 Å². The molecule has 1 aliphatic heterocycles. The Morgan fingerprint density at radius 2 is 2.00 bits per heavy atom. The highest BCUT2D eigenvalue weighted by atomic mass is 16.6. The van der Waals surface area contributed by atoms with Crippen LogP contribution in [0.5, 0.6) is 5.75 Å². The highest BCUT2D eigenvalue weighted by Crippen LogP contribution is 2.27. The fourth-order valence-corrected chi connectivity index (χ4v) is 3.63. The van der Waals surface area contributed by atoms with Crippen LogP contribution in [0.25, 0.3) is 11.0 Å². The minimum Gasteiger partial charge on any atom is -0.496 e. The van der Waals surface area contributed by atoms with E-state index in [0.717, 1.165) is 24.3 Å². The van der Waals surface area contributed by atoms with Crippen molar-refractivity contribution in [1.82, 2.24) is 5.43 Å². The molecule has 1 aliphatic rings. The molecule has 3 aromatic rings. The first-order valence-electron chi connectivity index (χ1n) is 9.99. The number of fused-ring (bicyclic) bond motifs is 1. The number of hydrazone groups is 1. The molecule has 1 amide bonds. The molecule has 0 saturated carbocycles. The largest absolute Gasteiger partial charge is 0.496 e. The zero-order valence-electron chi connectivity index (χ0n) is 17.0. The van der Waals surface area contributed by atoms with Crippen LogP contribution in [0.2, 0.25) is 0 Å². The predicted molar refractivity (Wildman–Crippen MR) is 117 cm³/mol. The lowest BCUT2D eigenvalue weighted by atomic mass is 10.1. The first-order chi connectivity index (χ1) is 15.0. The fraction of sp³-hybridized carbons (Fsp3) is 0.273. The van der Waals surface area contributed by atoms with Gasteiger partial charge in [0, 0.05) is 47.9 Å². The van der Waals surface area contributed by atoms with Crippen LogP contribution >= 0.6 is 0 Å². The number of nitrogens with zero attached hydrogens (tertiary/aromatic N) is 3. The zero-order chi connectivity index (χ0) is 21.8. The standard InChI is InChI=1S/C22H22N4O5/c1-30-20-13-17(25-9-3-2-4-10-25)6-5-15(20)14-23-24-22(27)21-12-16-11-18(26(28)29)7-8-19(16)31-21/h5-8,11-14H,2-4,9-10H2,1H3,(H,24,27)/b23-14-. The first-order valence-corrected chi connectivity index (χ1v) is 9.99. The summed E-state index contributed by atoms with van der Waals surface area (Å²) in [4.78, 5) is 25.1. The molecule has 0 aliphatic carbocycles. The Bertz CT molecular complexity index is 1150. The van der Waals surface area contributed by atoms with Crippen molar-refractivity contribution in [1.29, 1.82) is 0 Å². The van der Waals surface area contributed by atoms with E-state index in [1.54, 1.807) is 7.11 Å². The number of nitro groups is 1. The molecule has 0 bridgehead atoms. The van der Waals surface area contributed by atoms with Gasteiger partial charge in [-0.3, -0.25) is 14.9 Å². The maximum absolute atomic E-state index is 12.3. The number of rotatable bonds is 6. The number of anilines is 1. The van der Waals surface area contributed by atoms with E-state index in [4.69, 9.17) is 9.15 Å². The summed E-state index contributed by atoms with van der Waals surface area (Å²) < 4.78 is 10.9. The number of non-ortho nitro benzene ring substituents is 1. The van der Waals surface area contributed by atoms with E-state index in [9.17, 15) is 14.9 Å². The second kappa shape index (κ2) is 8.86. The van der Waals surface area contributed by atoms with Gasteiger partial charge in [-0.15, -0.1) is 0 Å². The molecule has 1 fully saturated rings. The number of nitrogens with one attached hydrogen (secondary N) is 1. The molecule has 9 nitrogen and oxygen atoms in total. The van der Waals surface area contributed by atoms with Crippen molar-refractivity contribution in [2.75, 3.05) is 25.1 Å². The number of nitro benzene ring substituents is 1. The number of furan rings is 1. The van der Waals surface area contributed by atoms with Crippen LogP contribution in [0.1, 0.15) is 35.4 Å². The number of benzene rings is 2. The number of methoxy groups -OCH3 is 1. The van der Waals surface area contributed by atoms with Gasteiger partial charge < -0.3 is 14.1 Å². The number of hydrogen-bond donors (Lipinski definition) is 1. The van der Waals surface area contributed by atoms with Gasteiger partial charge in [0.2, 0.25) is 0 Å². The molecule has 0 unspecified atom stereocenters. The monoisotopic (exact) mass is 422 g/mol. The van der Waals surface area contributed by atoms with Gasteiger partial charge in [0.25, 0.3) is 5.69 Å². The average molecular weight is 422 g/mol. The Morgan fingerprint density at radius 1 is 1.19 bits per heavy atom. The third kappa shape index (κ3) is 4.50. The van der Waals surface area contributed by atoms with E-state index in [-0.39, 0.29) is 11.4 Å². The van der Waals surface area contributed by atoms with Gasteiger partial charge in [-0.05, 0) is 43.5 Å². The fourth-order valence-electron chi connectivity index (χ4n) is 3.63. The molecule has 0 spiro atoms. The third-order valence-corrected chi connectivity index (χ3v) is 5.24. The molecule has 1 saturated heterocycles. The van der Waals surface area contributed by atoms with E-state index in [1.165, 1.54) is 49.7 Å². The normalized spacial score (nSPS) is 14.2. The van der Waals surface area contributed by atoms with Gasteiger partial charge >= 0.3 is 5.91 Å². The van der Waals surface area contributed by atoms with Crippen LogP contribution in [0, 0.1) is 10.1 Å². The SMILES string of the molecule is COc1cc(N2CCCCC2)ccc1/C=N\NC(=O)c1cc2cc([N+](=O)[O-])ccc2o1. The molecule has 1 aromatic heterocycles. The molecule has 31 heavy (non-hydrogen) atoms. The van der Waals surface area contributed by atoms with E-state index < -0.39 is 10.8 Å². The summed E-state index contributed by atoms with van der Waals surface area (Å²) in [6.45, 7) is 2.07. The smallest absolute Gasteiger partial charge is 0.307 e. The van der Waals surface area contributed by atoms with Crippen LogP contribution in [0.15, 0.2) is 52.0 Å². The molecule has 0 radical (unpaired) electrons. The highest BCUT2D eigenvalue weighted by molar-refractivity contribution is 5.97. The molecule has 2 heterocycles. The van der Waals surface area contributed by atoms with Crippen LogP contribution in [0.3, 0.4) is 0 Å². The molecule has 0 atom stereocenters. The Kier molecular flexibility index (Phi) is 5.83. The second-order valence-electron chi connectivity index (χ2n) is 7.26. The Balaban J connectivity index is 1.45. The van der Waals surface area contributed by atoms with Gasteiger partial charge in [0.05, 0.1) is 18.2 Å². The lowest BCUT2D eigenvalue weighted by Gasteiger charge is -2.29. The number of carbonyl (C=O) groups is 1. The third-order valence-electron chi connectivity index (χ3n) is 5.24. The summed E-state index contributed by atoms with van der Waals surface area (Å²) in [6.07, 6.45) is 5.14. The Morgan fingerprint density at radius 3 is 2.74 bits per heavy atom. The van der Waals surface area contributed by atoms with E-state index >= 15 is 0 Å². The lowest BCUT2D eigenvalue weighted by molar-refractivity contribution is -0.384. The van der Waals surface area contributed by atoms with Gasteiger partial charge in [0.15, 0.2) is 5.76 Å². The second-order valence-corrected chi connectivity index (χ2v) is 7.26. The van der Waals surface area contributed by atoms with Crippen molar-refractivity contribution in [3.05, 3.63) is 63.9 Å². The van der Waals surface area contributed by atoms with Crippen molar-refractivity contribution in [2.45, 2.75) is 19.3 Å². The predicted octanol–water partition coefficient (Wildman–Crippen LogP) is 4.10. The van der Waals surface area contributed by atoms with Crippen molar-refractivity contribution in [3.8, 4) is 5.75 Å². The van der Waals surface area contributed by atoms with Crippen LogP contribution in [0.4, 0.5) is 11.4 Å². The molecular formula is C22H22N4O5. The molecule has 160 valence electrons. The summed E-state index contributed by atoms with van der Waals surface area (Å²) in [6, 6.07) is 11.5. The van der Waals surface area contributed by atoms with Crippen LogP contribution in [-0.4, -0.2) is 37.2 Å². The number of ether oxygens (including phenoxy) is 1. The number of hydrogen-bond acceptors (Lipinski definition) is 7. The van der Waals surface area contributed by atoms with Crippen molar-refractivity contribution >= 4 is 34.5 Å². The van der Waals surface area contributed by atoms with Gasteiger partial charge in [0.1, 0.15) is 11.3 Å². The minimum absolute atomic E-state index is 0.0139. The van der Waals surface area contributed by atoms with Gasteiger partial charge in [-0.2, -0.15) is 5.10 Å². The minimum atomic E-state index is -0.556. The van der Waals surface area contributed by atoms with E-state index in [0.29, 0.717) is 16.7 Å². The summed E-state index contributed by atoms with van der Waals surface area (Å²) >= 11 is 0. The zero-order valence-corrected chi connectivity index (χ0v) is 17.0. The summed E-state index contributed by atoms with van der Waals surface area (Å²) in [7, 11) is 1.60. The lowest BCUT2D eigenvalue weighted by Crippen LogP contribution is -2.29. The topological polar surface area (TPSA) is 110 Å². The van der Waals surface area contributed by atoms with Crippen molar-refractivity contribution in [3.63, 3.8) is 0 Å². The molecule has 9 heteroatoms. The number of piperidine rings is 1. The Labute approximate surface area is 178 Å². The molecular weight excluding hydrogens is 400 g/mol. The summed E-state index contributed by atoms with van der Waals surface area (Å²) in [5, 5.41) is 15.4. The molecule has 2 aromatic carbocycles. The van der Waals surface area contributed by atoms with E-state index in [1.807, 2.05) is 18.2 Å². The maximum atomic E-state index is 12.3.